The number of nitrogens with two attached hydrogens (primary N) is 1. The Balaban J connectivity index is 1.41. The highest BCUT2D eigenvalue weighted by atomic mass is 16.5. The molecule has 0 atom stereocenters. The molecule has 4 saturated carbocycles. The number of carbonyl (C=O) groups excluding carboxylic acids is 1. The number of aromatic nitrogens is 1. The fourth-order valence-corrected chi connectivity index (χ4v) is 7.51. The molecular formula is C35H48N4O2. The second-order valence-corrected chi connectivity index (χ2v) is 13.1. The van der Waals surface area contributed by atoms with Gasteiger partial charge < -0.3 is 10.5 Å². The van der Waals surface area contributed by atoms with Crippen LogP contribution in [0.4, 0.5) is 5.82 Å². The number of fused-ring (bicyclic) bond motifs is 3. The van der Waals surface area contributed by atoms with E-state index in [4.69, 9.17) is 15.5 Å². The van der Waals surface area contributed by atoms with Gasteiger partial charge in [0.05, 0.1) is 7.11 Å². The van der Waals surface area contributed by atoms with Crippen LogP contribution in [0.15, 0.2) is 47.7 Å². The van der Waals surface area contributed by atoms with E-state index in [-0.39, 0.29) is 28.7 Å². The van der Waals surface area contributed by atoms with E-state index in [2.05, 4.69) is 35.0 Å². The molecule has 6 heteroatoms. The van der Waals surface area contributed by atoms with Crippen LogP contribution in [0.25, 0.3) is 5.57 Å². The van der Waals surface area contributed by atoms with Gasteiger partial charge in [0.2, 0.25) is 5.91 Å². The molecule has 2 aromatic rings. The van der Waals surface area contributed by atoms with Gasteiger partial charge in [-0.05, 0) is 118 Å². The van der Waals surface area contributed by atoms with Crippen molar-refractivity contribution in [2.75, 3.05) is 18.6 Å². The normalized spacial score (nSPS) is 25.1. The Bertz CT molecular complexity index is 1270. The molecule has 6 rings (SSSR count). The molecule has 1 amide bonds. The van der Waals surface area contributed by atoms with E-state index in [9.17, 15) is 4.79 Å². The van der Waals surface area contributed by atoms with Crippen LogP contribution in [0.1, 0.15) is 101 Å². The average Bonchev–Trinajstić information content (AvgIpc) is 3.01. The third kappa shape index (κ3) is 6.22. The Kier molecular flexibility index (Phi) is 8.86. The van der Waals surface area contributed by atoms with Crippen molar-refractivity contribution in [3.05, 3.63) is 59.4 Å². The lowest BCUT2D eigenvalue weighted by atomic mass is 9.51. The quantitative estimate of drug-likeness (QED) is 0.327. The molecule has 1 heterocycles. The number of anilines is 1. The molecule has 2 bridgehead atoms. The van der Waals surface area contributed by atoms with E-state index < -0.39 is 0 Å². The van der Waals surface area contributed by atoms with E-state index in [0.29, 0.717) is 0 Å². The SMILES string of the molecule is COc1ccc(C23CCC(CN(C(=O)C4CCCCC4)c4cc(/C(C=NC(C)C)=C/N)ccn4)(CC2)CC3)cc1C. The Morgan fingerprint density at radius 1 is 1.10 bits per heavy atom. The largest absolute Gasteiger partial charge is 0.496 e. The number of ether oxygens (including phenoxy) is 1. The molecule has 4 aliphatic rings. The highest BCUT2D eigenvalue weighted by Crippen LogP contribution is 2.58. The van der Waals surface area contributed by atoms with Crippen LogP contribution in [0.3, 0.4) is 0 Å². The van der Waals surface area contributed by atoms with Gasteiger partial charge in [0.15, 0.2) is 0 Å². The highest BCUT2D eigenvalue weighted by Gasteiger charge is 2.50. The molecule has 0 saturated heterocycles. The number of pyridine rings is 1. The van der Waals surface area contributed by atoms with Gasteiger partial charge in [-0.3, -0.25) is 14.7 Å². The van der Waals surface area contributed by atoms with E-state index in [1.807, 2.05) is 38.4 Å². The topological polar surface area (TPSA) is 80.8 Å². The number of aryl methyl sites for hydroxylation is 1. The minimum absolute atomic E-state index is 0.0891. The molecule has 4 fully saturated rings. The summed E-state index contributed by atoms with van der Waals surface area (Å²) in [6, 6.07) is 10.9. The first-order valence-electron chi connectivity index (χ1n) is 15.7. The van der Waals surface area contributed by atoms with Gasteiger partial charge in [0, 0.05) is 42.7 Å². The second-order valence-electron chi connectivity index (χ2n) is 13.1. The zero-order valence-corrected chi connectivity index (χ0v) is 25.5. The molecule has 0 aliphatic heterocycles. The van der Waals surface area contributed by atoms with Crippen LogP contribution in [-0.4, -0.2) is 36.8 Å². The van der Waals surface area contributed by atoms with Crippen molar-refractivity contribution >= 4 is 23.5 Å². The lowest BCUT2D eigenvalue weighted by molar-refractivity contribution is -0.124. The van der Waals surface area contributed by atoms with E-state index in [0.717, 1.165) is 74.2 Å². The fourth-order valence-electron chi connectivity index (χ4n) is 7.51. The summed E-state index contributed by atoms with van der Waals surface area (Å²) in [4.78, 5) is 25.6. The number of nitrogens with zero attached hydrogens (tertiary/aromatic N) is 3. The molecule has 0 unspecified atom stereocenters. The molecular weight excluding hydrogens is 508 g/mol. The first-order valence-corrected chi connectivity index (χ1v) is 15.7. The number of methoxy groups -OCH3 is 1. The van der Waals surface area contributed by atoms with Crippen LogP contribution in [0.5, 0.6) is 5.75 Å². The number of rotatable bonds is 9. The van der Waals surface area contributed by atoms with Crippen LogP contribution >= 0.6 is 0 Å². The predicted molar refractivity (Wildman–Crippen MR) is 169 cm³/mol. The second kappa shape index (κ2) is 12.4. The summed E-state index contributed by atoms with van der Waals surface area (Å²) in [5, 5.41) is 0. The van der Waals surface area contributed by atoms with Crippen molar-refractivity contribution in [1.82, 2.24) is 4.98 Å². The van der Waals surface area contributed by atoms with Crippen LogP contribution in [0, 0.1) is 18.3 Å². The molecule has 1 aromatic heterocycles. The third-order valence-corrected chi connectivity index (χ3v) is 10.2. The van der Waals surface area contributed by atoms with E-state index >= 15 is 0 Å². The molecule has 220 valence electrons. The predicted octanol–water partition coefficient (Wildman–Crippen LogP) is 7.38. The number of aliphatic imine (C=N–C) groups is 1. The summed E-state index contributed by atoms with van der Waals surface area (Å²) >= 11 is 0. The van der Waals surface area contributed by atoms with Crippen LogP contribution in [0.2, 0.25) is 0 Å². The molecule has 0 radical (unpaired) electrons. The summed E-state index contributed by atoms with van der Waals surface area (Å²) in [5.41, 5.74) is 10.9. The Hall–Kier alpha value is -3.15. The fraction of sp³-hybridized carbons (Fsp3) is 0.571. The van der Waals surface area contributed by atoms with Crippen LogP contribution < -0.4 is 15.4 Å². The third-order valence-electron chi connectivity index (χ3n) is 10.2. The first kappa shape index (κ1) is 29.3. The van der Waals surface area contributed by atoms with Crippen molar-refractivity contribution in [3.8, 4) is 5.75 Å². The Labute approximate surface area is 246 Å². The summed E-state index contributed by atoms with van der Waals surface area (Å²) < 4.78 is 5.53. The summed E-state index contributed by atoms with van der Waals surface area (Å²) in [7, 11) is 1.74. The summed E-state index contributed by atoms with van der Waals surface area (Å²) in [6.07, 6.45) is 17.6. The van der Waals surface area contributed by atoms with Crippen molar-refractivity contribution in [3.63, 3.8) is 0 Å². The van der Waals surface area contributed by atoms with Gasteiger partial charge in [0.1, 0.15) is 11.6 Å². The number of carbonyl (C=O) groups is 1. The Morgan fingerprint density at radius 3 is 2.41 bits per heavy atom. The smallest absolute Gasteiger partial charge is 0.231 e. The number of amides is 1. The van der Waals surface area contributed by atoms with Crippen molar-refractivity contribution in [1.29, 1.82) is 0 Å². The molecule has 1 aromatic carbocycles. The minimum Gasteiger partial charge on any atom is -0.496 e. The Morgan fingerprint density at radius 2 is 1.80 bits per heavy atom. The number of benzene rings is 1. The molecule has 6 nitrogen and oxygen atoms in total. The standard InChI is InChI=1S/C35H48N4O2/c1-25(2)38-23-29(22-36)28-12-19-37-32(21-28)39(33(40)27-8-6-5-7-9-27)24-34-13-16-35(17-14-34,18-15-34)30-10-11-31(41-4)26(3)20-30/h10-12,19-23,25,27H,5-9,13-18,24,36H2,1-4H3/b29-22+,38-23?. The van der Waals surface area contributed by atoms with Gasteiger partial charge in [-0.15, -0.1) is 0 Å². The molecule has 4 aliphatic carbocycles. The lowest BCUT2D eigenvalue weighted by Gasteiger charge is -2.55. The number of hydrogen-bond acceptors (Lipinski definition) is 5. The van der Waals surface area contributed by atoms with Crippen LogP contribution in [-0.2, 0) is 10.2 Å². The maximum atomic E-state index is 14.2. The molecule has 0 spiro atoms. The monoisotopic (exact) mass is 556 g/mol. The lowest BCUT2D eigenvalue weighted by Crippen LogP contribution is -2.51. The zero-order chi connectivity index (χ0) is 29.0. The molecule has 2 N–H and O–H groups in total. The van der Waals surface area contributed by atoms with Gasteiger partial charge in [-0.25, -0.2) is 4.98 Å². The maximum absolute atomic E-state index is 14.2. The van der Waals surface area contributed by atoms with Gasteiger partial charge in [-0.2, -0.15) is 0 Å². The number of hydrogen-bond donors (Lipinski definition) is 1. The first-order chi connectivity index (χ1) is 19.8. The summed E-state index contributed by atoms with van der Waals surface area (Å²) in [6.45, 7) is 6.99. The van der Waals surface area contributed by atoms with Crippen molar-refractivity contribution in [2.24, 2.45) is 22.1 Å². The minimum atomic E-state index is 0.0891. The highest BCUT2D eigenvalue weighted by molar-refractivity contribution is 6.10. The maximum Gasteiger partial charge on any atom is 0.231 e. The van der Waals surface area contributed by atoms with E-state index in [1.165, 1.54) is 36.8 Å². The summed E-state index contributed by atoms with van der Waals surface area (Å²) in [5.74, 6) is 2.05. The molecule has 41 heavy (non-hydrogen) atoms. The van der Waals surface area contributed by atoms with E-state index in [1.54, 1.807) is 13.3 Å². The zero-order valence-electron chi connectivity index (χ0n) is 25.5. The van der Waals surface area contributed by atoms with Gasteiger partial charge >= 0.3 is 0 Å². The number of allylic oxidation sites excluding steroid dienone is 1. The average molecular weight is 557 g/mol. The van der Waals surface area contributed by atoms with Crippen molar-refractivity contribution in [2.45, 2.75) is 103 Å². The van der Waals surface area contributed by atoms with Gasteiger partial charge in [0.25, 0.3) is 0 Å². The van der Waals surface area contributed by atoms with Gasteiger partial charge in [-0.1, -0.05) is 31.4 Å². The van der Waals surface area contributed by atoms with Crippen molar-refractivity contribution < 1.29 is 9.53 Å².